The summed E-state index contributed by atoms with van der Waals surface area (Å²) in [5.74, 6) is 0.311. The van der Waals surface area contributed by atoms with Gasteiger partial charge in [-0.05, 0) is 18.2 Å². The third kappa shape index (κ3) is 3.45. The minimum atomic E-state index is -3.44. The number of nitrogens with one attached hydrogen (secondary N) is 1. The molecule has 0 aliphatic carbocycles. The van der Waals surface area contributed by atoms with Gasteiger partial charge in [0.05, 0.1) is 11.0 Å². The van der Waals surface area contributed by atoms with Gasteiger partial charge in [0.25, 0.3) is 10.2 Å². The number of likely N-dealkylation sites (N-methyl/N-ethyl adjacent to an activating group) is 1. The van der Waals surface area contributed by atoms with Crippen LogP contribution in [0, 0.1) is 5.82 Å². The Balaban J connectivity index is 2.07. The van der Waals surface area contributed by atoms with Crippen molar-refractivity contribution < 1.29 is 12.8 Å². The molecule has 0 unspecified atom stereocenters. The van der Waals surface area contributed by atoms with E-state index < -0.39 is 10.2 Å². The standard InChI is InChI=1S/C14H21FN4O2S/c1-4-19(5-2)22(20,21)18(3)9-8-14-16-12-7-6-11(15)10-13(12)17-14/h6-7,10H,4-5,8-9H2,1-3H3,(H,16,17). The van der Waals surface area contributed by atoms with Crippen LogP contribution in [0.1, 0.15) is 19.7 Å². The number of hydrogen-bond donors (Lipinski definition) is 1. The van der Waals surface area contributed by atoms with E-state index in [4.69, 9.17) is 0 Å². The Morgan fingerprint density at radius 3 is 2.59 bits per heavy atom. The molecular weight excluding hydrogens is 307 g/mol. The van der Waals surface area contributed by atoms with Gasteiger partial charge in [-0.25, -0.2) is 9.37 Å². The molecule has 2 rings (SSSR count). The molecular formula is C14H21FN4O2S. The first-order valence-electron chi connectivity index (χ1n) is 7.24. The molecule has 1 aromatic carbocycles. The fourth-order valence-corrected chi connectivity index (χ4v) is 3.65. The quantitative estimate of drug-likeness (QED) is 0.842. The molecule has 0 aliphatic heterocycles. The van der Waals surface area contributed by atoms with Crippen LogP contribution < -0.4 is 0 Å². The SMILES string of the molecule is CCN(CC)S(=O)(=O)N(C)CCc1nc2ccc(F)cc2[nH]1. The summed E-state index contributed by atoms with van der Waals surface area (Å²) in [6.45, 7) is 4.80. The van der Waals surface area contributed by atoms with Gasteiger partial charge in [-0.3, -0.25) is 0 Å². The van der Waals surface area contributed by atoms with Gasteiger partial charge in [-0.1, -0.05) is 13.8 Å². The Labute approximate surface area is 130 Å². The summed E-state index contributed by atoms with van der Waals surface area (Å²) in [7, 11) is -1.89. The van der Waals surface area contributed by atoms with Gasteiger partial charge in [-0.15, -0.1) is 0 Å². The first-order chi connectivity index (χ1) is 10.4. The van der Waals surface area contributed by atoms with E-state index in [0.29, 0.717) is 42.9 Å². The van der Waals surface area contributed by atoms with Crippen molar-refractivity contribution in [1.82, 2.24) is 18.6 Å². The number of fused-ring (bicyclic) bond motifs is 1. The van der Waals surface area contributed by atoms with Crippen molar-refractivity contribution in [3.8, 4) is 0 Å². The molecule has 22 heavy (non-hydrogen) atoms. The highest BCUT2D eigenvalue weighted by molar-refractivity contribution is 7.86. The molecule has 122 valence electrons. The minimum Gasteiger partial charge on any atom is -0.342 e. The van der Waals surface area contributed by atoms with Gasteiger partial charge in [-0.2, -0.15) is 17.0 Å². The van der Waals surface area contributed by atoms with E-state index in [2.05, 4.69) is 9.97 Å². The Kier molecular flexibility index (Phi) is 5.15. The third-order valence-corrected chi connectivity index (χ3v) is 5.72. The molecule has 1 aromatic heterocycles. The molecule has 0 saturated heterocycles. The van der Waals surface area contributed by atoms with E-state index in [-0.39, 0.29) is 5.82 Å². The van der Waals surface area contributed by atoms with Crippen LogP contribution in [0.15, 0.2) is 18.2 Å². The maximum atomic E-state index is 13.1. The van der Waals surface area contributed by atoms with Gasteiger partial charge in [0.15, 0.2) is 0 Å². The van der Waals surface area contributed by atoms with Crippen molar-refractivity contribution in [3.05, 3.63) is 29.8 Å². The molecule has 0 spiro atoms. The number of aromatic amines is 1. The second-order valence-electron chi connectivity index (χ2n) is 5.01. The zero-order chi connectivity index (χ0) is 16.3. The van der Waals surface area contributed by atoms with Gasteiger partial charge in [0, 0.05) is 33.1 Å². The van der Waals surface area contributed by atoms with Crippen molar-refractivity contribution in [2.45, 2.75) is 20.3 Å². The lowest BCUT2D eigenvalue weighted by Crippen LogP contribution is -2.42. The second kappa shape index (κ2) is 6.72. The molecule has 0 bridgehead atoms. The summed E-state index contributed by atoms with van der Waals surface area (Å²) in [6, 6.07) is 4.33. The Bertz CT molecular complexity index is 740. The number of benzene rings is 1. The van der Waals surface area contributed by atoms with Crippen LogP contribution in [0.25, 0.3) is 11.0 Å². The fourth-order valence-electron chi connectivity index (χ4n) is 2.28. The zero-order valence-electron chi connectivity index (χ0n) is 13.0. The number of halogens is 1. The predicted molar refractivity (Wildman–Crippen MR) is 84.2 cm³/mol. The molecule has 8 heteroatoms. The topological polar surface area (TPSA) is 69.3 Å². The van der Waals surface area contributed by atoms with Crippen LogP contribution in [-0.2, 0) is 16.6 Å². The summed E-state index contributed by atoms with van der Waals surface area (Å²) in [6.07, 6.45) is 0.438. The van der Waals surface area contributed by atoms with Crippen molar-refractivity contribution in [1.29, 1.82) is 0 Å². The van der Waals surface area contributed by atoms with Crippen LogP contribution >= 0.6 is 0 Å². The van der Waals surface area contributed by atoms with Crippen LogP contribution in [-0.4, -0.2) is 53.7 Å². The second-order valence-corrected chi connectivity index (χ2v) is 7.04. The van der Waals surface area contributed by atoms with E-state index >= 15 is 0 Å². The van der Waals surface area contributed by atoms with Crippen LogP contribution in [0.3, 0.4) is 0 Å². The Hall–Kier alpha value is -1.51. The summed E-state index contributed by atoms with van der Waals surface area (Å²) in [5.41, 5.74) is 1.29. The van der Waals surface area contributed by atoms with Gasteiger partial charge >= 0.3 is 0 Å². The van der Waals surface area contributed by atoms with E-state index in [1.165, 1.54) is 20.7 Å². The summed E-state index contributed by atoms with van der Waals surface area (Å²) in [4.78, 5) is 7.35. The Morgan fingerprint density at radius 1 is 1.27 bits per heavy atom. The van der Waals surface area contributed by atoms with Crippen LogP contribution in [0.4, 0.5) is 4.39 Å². The highest BCUT2D eigenvalue weighted by Crippen LogP contribution is 2.14. The molecule has 6 nitrogen and oxygen atoms in total. The van der Waals surface area contributed by atoms with E-state index in [9.17, 15) is 12.8 Å². The van der Waals surface area contributed by atoms with Gasteiger partial charge < -0.3 is 4.98 Å². The maximum Gasteiger partial charge on any atom is 0.281 e. The molecule has 0 amide bonds. The zero-order valence-corrected chi connectivity index (χ0v) is 13.8. The number of nitrogens with zero attached hydrogens (tertiary/aromatic N) is 3. The van der Waals surface area contributed by atoms with Gasteiger partial charge in [0.2, 0.25) is 0 Å². The summed E-state index contributed by atoms with van der Waals surface area (Å²) < 4.78 is 40.5. The first-order valence-corrected chi connectivity index (χ1v) is 8.63. The highest BCUT2D eigenvalue weighted by Gasteiger charge is 2.24. The van der Waals surface area contributed by atoms with Gasteiger partial charge in [0.1, 0.15) is 11.6 Å². The lowest BCUT2D eigenvalue weighted by molar-refractivity contribution is 0.378. The number of aromatic nitrogens is 2. The lowest BCUT2D eigenvalue weighted by atomic mass is 10.3. The van der Waals surface area contributed by atoms with Crippen LogP contribution in [0.2, 0.25) is 0 Å². The highest BCUT2D eigenvalue weighted by atomic mass is 32.2. The monoisotopic (exact) mass is 328 g/mol. The number of hydrogen-bond acceptors (Lipinski definition) is 3. The summed E-state index contributed by atoms with van der Waals surface area (Å²) in [5, 5.41) is 0. The van der Waals surface area contributed by atoms with Crippen molar-refractivity contribution >= 4 is 21.2 Å². The smallest absolute Gasteiger partial charge is 0.281 e. The molecule has 0 saturated carbocycles. The molecule has 2 aromatic rings. The first kappa shape index (κ1) is 16.9. The third-order valence-electron chi connectivity index (χ3n) is 3.58. The fraction of sp³-hybridized carbons (Fsp3) is 0.500. The lowest BCUT2D eigenvalue weighted by Gasteiger charge is -2.25. The molecule has 1 N–H and O–H groups in total. The normalized spacial score (nSPS) is 12.6. The minimum absolute atomic E-state index is 0.307. The molecule has 1 heterocycles. The molecule has 0 atom stereocenters. The Morgan fingerprint density at radius 2 is 1.95 bits per heavy atom. The average Bonchev–Trinajstić information content (AvgIpc) is 2.87. The molecule has 0 aliphatic rings. The van der Waals surface area contributed by atoms with Crippen molar-refractivity contribution in [2.24, 2.45) is 0 Å². The largest absolute Gasteiger partial charge is 0.342 e. The van der Waals surface area contributed by atoms with E-state index in [0.717, 1.165) is 0 Å². The molecule has 0 radical (unpaired) electrons. The molecule has 0 fully saturated rings. The number of H-pyrrole nitrogens is 1. The number of rotatable bonds is 7. The average molecular weight is 328 g/mol. The predicted octanol–water partition coefficient (Wildman–Crippen LogP) is 1.76. The number of imidazole rings is 1. The summed E-state index contributed by atoms with van der Waals surface area (Å²) >= 11 is 0. The van der Waals surface area contributed by atoms with E-state index in [1.54, 1.807) is 13.1 Å². The van der Waals surface area contributed by atoms with Crippen molar-refractivity contribution in [3.63, 3.8) is 0 Å². The van der Waals surface area contributed by atoms with Crippen molar-refractivity contribution in [2.75, 3.05) is 26.7 Å². The van der Waals surface area contributed by atoms with E-state index in [1.807, 2.05) is 13.8 Å². The van der Waals surface area contributed by atoms with Crippen LogP contribution in [0.5, 0.6) is 0 Å². The maximum absolute atomic E-state index is 13.1.